The van der Waals surface area contributed by atoms with E-state index in [0.717, 1.165) is 32.0 Å². The first-order chi connectivity index (χ1) is 12.6. The largest absolute Gasteiger partial charge is 0.274 e. The summed E-state index contributed by atoms with van der Waals surface area (Å²) < 4.78 is 1.90. The number of aromatic nitrogens is 3. The van der Waals surface area contributed by atoms with Crippen molar-refractivity contribution < 1.29 is 4.79 Å². The number of thioether (sulfide) groups is 2. The fourth-order valence-corrected chi connectivity index (χ4v) is 5.69. The zero-order chi connectivity index (χ0) is 18.5. The smallest absolute Gasteiger partial charge is 0.230 e. The van der Waals surface area contributed by atoms with Crippen LogP contribution in [0.1, 0.15) is 25.1 Å². The van der Waals surface area contributed by atoms with Gasteiger partial charge in [0.05, 0.1) is 11.4 Å². The van der Waals surface area contributed by atoms with Crippen molar-refractivity contribution in [2.45, 2.75) is 34.7 Å². The second kappa shape index (κ2) is 8.98. The molecule has 26 heavy (non-hydrogen) atoms. The van der Waals surface area contributed by atoms with E-state index in [-0.39, 0.29) is 5.91 Å². The van der Waals surface area contributed by atoms with Gasteiger partial charge in [0.15, 0.2) is 13.8 Å². The molecule has 0 unspecified atom stereocenters. The maximum absolute atomic E-state index is 12.3. The third kappa shape index (κ3) is 4.46. The van der Waals surface area contributed by atoms with Crippen molar-refractivity contribution >= 4 is 62.9 Å². The summed E-state index contributed by atoms with van der Waals surface area (Å²) in [4.78, 5) is 18.7. The lowest BCUT2D eigenvalue weighted by Crippen LogP contribution is -2.23. The Hall–Kier alpha value is -1.42. The molecule has 136 valence electrons. The number of hydrogen-bond acceptors (Lipinski definition) is 8. The molecule has 0 fully saturated rings. The molecule has 0 saturated carbocycles. The number of amides is 1. The lowest BCUT2D eigenvalue weighted by Gasteiger charge is -2.20. The van der Waals surface area contributed by atoms with E-state index in [1.54, 1.807) is 46.7 Å². The Kier molecular flexibility index (Phi) is 6.68. The number of anilines is 2. The molecular weight excluding hydrogens is 404 g/mol. The Labute approximate surface area is 169 Å². The number of aryl methyl sites for hydroxylation is 1. The molecule has 3 rings (SSSR count). The van der Waals surface area contributed by atoms with Gasteiger partial charge in [0.2, 0.25) is 5.91 Å². The normalized spacial score (nSPS) is 10.9. The van der Waals surface area contributed by atoms with Gasteiger partial charge in [-0.05, 0) is 24.3 Å². The van der Waals surface area contributed by atoms with Crippen molar-refractivity contribution in [2.75, 3.05) is 11.2 Å². The zero-order valence-electron chi connectivity index (χ0n) is 14.6. The summed E-state index contributed by atoms with van der Waals surface area (Å²) in [6.07, 6.45) is 2.86. The Morgan fingerprint density at radius 3 is 2.69 bits per heavy atom. The van der Waals surface area contributed by atoms with Gasteiger partial charge in [0.25, 0.3) is 0 Å². The number of carbonyl (C=O) groups excluding carboxylic acids is 1. The predicted molar refractivity (Wildman–Crippen MR) is 112 cm³/mol. The molecule has 0 spiro atoms. The number of rotatable bonds is 7. The second-order valence-corrected chi connectivity index (χ2v) is 9.37. The van der Waals surface area contributed by atoms with Crippen LogP contribution >= 0.6 is 46.2 Å². The van der Waals surface area contributed by atoms with Crippen LogP contribution in [0.15, 0.2) is 38.3 Å². The van der Waals surface area contributed by atoms with Crippen LogP contribution < -0.4 is 4.90 Å². The highest BCUT2D eigenvalue weighted by Gasteiger charge is 2.20. The first-order valence-corrected chi connectivity index (χ1v) is 11.9. The number of thiazole rings is 1. The molecule has 9 heteroatoms. The maximum atomic E-state index is 12.3. The van der Waals surface area contributed by atoms with Crippen LogP contribution in [0.3, 0.4) is 0 Å². The van der Waals surface area contributed by atoms with Crippen LogP contribution in [-0.2, 0) is 17.0 Å². The average molecular weight is 423 g/mol. The van der Waals surface area contributed by atoms with Crippen molar-refractivity contribution in [3.05, 3.63) is 40.9 Å². The van der Waals surface area contributed by atoms with Gasteiger partial charge in [0.1, 0.15) is 0 Å². The van der Waals surface area contributed by atoms with Crippen LogP contribution in [0.2, 0.25) is 0 Å². The van der Waals surface area contributed by atoms with E-state index < -0.39 is 0 Å². The van der Waals surface area contributed by atoms with E-state index in [4.69, 9.17) is 0 Å². The maximum Gasteiger partial charge on any atom is 0.230 e. The van der Waals surface area contributed by atoms with Crippen molar-refractivity contribution in [3.63, 3.8) is 0 Å². The van der Waals surface area contributed by atoms with Crippen molar-refractivity contribution in [1.29, 1.82) is 0 Å². The molecule has 0 aliphatic heterocycles. The summed E-state index contributed by atoms with van der Waals surface area (Å²) in [5, 5.41) is 11.0. The summed E-state index contributed by atoms with van der Waals surface area (Å²) in [5.74, 6) is 0.675. The Bertz CT molecular complexity index is 892. The molecule has 0 atom stereocenters. The number of para-hydroxylation sites is 1. The Morgan fingerprint density at radius 1 is 1.23 bits per heavy atom. The summed E-state index contributed by atoms with van der Waals surface area (Å²) in [5.41, 5.74) is 2.98. The Balaban J connectivity index is 1.78. The lowest BCUT2D eigenvalue weighted by atomic mass is 10.1. The van der Waals surface area contributed by atoms with Gasteiger partial charge in [-0.1, -0.05) is 60.0 Å². The van der Waals surface area contributed by atoms with E-state index >= 15 is 0 Å². The van der Waals surface area contributed by atoms with E-state index in [0.29, 0.717) is 10.9 Å². The van der Waals surface area contributed by atoms with Crippen molar-refractivity contribution in [3.8, 4) is 0 Å². The average Bonchev–Trinajstić information content (AvgIpc) is 3.29. The molecule has 0 saturated heterocycles. The lowest BCUT2D eigenvalue weighted by molar-refractivity contribution is -0.115. The Morgan fingerprint density at radius 2 is 2.00 bits per heavy atom. The van der Waals surface area contributed by atoms with Gasteiger partial charge in [-0.15, -0.1) is 21.5 Å². The minimum Gasteiger partial charge on any atom is -0.274 e. The van der Waals surface area contributed by atoms with E-state index in [9.17, 15) is 4.79 Å². The van der Waals surface area contributed by atoms with Gasteiger partial charge in [-0.25, -0.2) is 4.98 Å². The molecule has 0 N–H and O–H groups in total. The van der Waals surface area contributed by atoms with E-state index in [1.165, 1.54) is 11.3 Å². The second-order valence-electron chi connectivity index (χ2n) is 5.28. The van der Waals surface area contributed by atoms with Gasteiger partial charge < -0.3 is 0 Å². The molecule has 0 aliphatic rings. The van der Waals surface area contributed by atoms with Gasteiger partial charge >= 0.3 is 0 Å². The summed E-state index contributed by atoms with van der Waals surface area (Å²) in [7, 11) is 0. The number of benzene rings is 1. The molecule has 5 nitrogen and oxygen atoms in total. The molecule has 0 radical (unpaired) electrons. The minimum absolute atomic E-state index is 0.0341. The van der Waals surface area contributed by atoms with E-state index in [2.05, 4.69) is 28.2 Å². The third-order valence-corrected chi connectivity index (χ3v) is 7.51. The standard InChI is InChI=1S/C17H18N4OS4/c1-4-12-7-5-6-8-14(12)21(11(2)22)15-18-13(9-24-15)10-25-17-20-19-16(23-3)26-17/h5-9H,4,10H2,1-3H3. The molecule has 3 aromatic rings. The number of nitrogens with zero attached hydrogens (tertiary/aromatic N) is 4. The van der Waals surface area contributed by atoms with Crippen molar-refractivity contribution in [1.82, 2.24) is 15.2 Å². The molecule has 1 aromatic carbocycles. The fraction of sp³-hybridized carbons (Fsp3) is 0.294. The van der Waals surface area contributed by atoms with Gasteiger partial charge in [-0.2, -0.15) is 0 Å². The minimum atomic E-state index is -0.0341. The molecule has 2 heterocycles. The molecular formula is C17H18N4OS4. The van der Waals surface area contributed by atoms with Gasteiger partial charge in [0, 0.05) is 18.1 Å². The van der Waals surface area contributed by atoms with Crippen LogP contribution in [0, 0.1) is 0 Å². The highest BCUT2D eigenvalue weighted by atomic mass is 32.2. The van der Waals surface area contributed by atoms with Crippen LogP contribution in [-0.4, -0.2) is 27.3 Å². The van der Waals surface area contributed by atoms with Crippen LogP contribution in [0.4, 0.5) is 10.8 Å². The molecule has 2 aromatic heterocycles. The zero-order valence-corrected chi connectivity index (χ0v) is 17.9. The number of carbonyl (C=O) groups is 1. The summed E-state index contributed by atoms with van der Waals surface area (Å²) in [6, 6.07) is 7.97. The molecule has 0 aliphatic carbocycles. The van der Waals surface area contributed by atoms with Crippen LogP contribution in [0.5, 0.6) is 0 Å². The van der Waals surface area contributed by atoms with Crippen LogP contribution in [0.25, 0.3) is 0 Å². The molecule has 1 amide bonds. The monoisotopic (exact) mass is 422 g/mol. The highest BCUT2D eigenvalue weighted by molar-refractivity contribution is 8.02. The van der Waals surface area contributed by atoms with Crippen molar-refractivity contribution in [2.24, 2.45) is 0 Å². The quantitative estimate of drug-likeness (QED) is 0.484. The van der Waals surface area contributed by atoms with Gasteiger partial charge in [-0.3, -0.25) is 9.69 Å². The van der Waals surface area contributed by atoms with E-state index in [1.807, 2.05) is 29.8 Å². The first kappa shape index (κ1) is 19.3. The summed E-state index contributed by atoms with van der Waals surface area (Å²) in [6.45, 7) is 3.67. The predicted octanol–water partition coefficient (Wildman–Crippen LogP) is 5.26. The molecule has 0 bridgehead atoms. The SMILES string of the molecule is CCc1ccccc1N(C(C)=O)c1nc(CSc2nnc(SC)s2)cs1. The third-order valence-electron chi connectivity index (χ3n) is 3.57. The topological polar surface area (TPSA) is 59.0 Å². The highest BCUT2D eigenvalue weighted by Crippen LogP contribution is 2.34. The summed E-state index contributed by atoms with van der Waals surface area (Å²) >= 11 is 6.29. The fourth-order valence-electron chi connectivity index (χ4n) is 2.37. The first-order valence-electron chi connectivity index (χ1n) is 7.95. The number of hydrogen-bond donors (Lipinski definition) is 0.